The van der Waals surface area contributed by atoms with Gasteiger partial charge in [0.05, 0.1) is 41.5 Å². The van der Waals surface area contributed by atoms with Crippen molar-refractivity contribution in [2.24, 2.45) is 20.0 Å². The Hall–Kier alpha value is -1.20. The van der Waals surface area contributed by atoms with Crippen LogP contribution in [0.5, 0.6) is 0 Å². The lowest BCUT2D eigenvalue weighted by atomic mass is 10.00. The minimum absolute atomic E-state index is 0.460. The number of nitrogens with zero attached hydrogens (tertiary/aromatic N) is 4. The van der Waals surface area contributed by atoms with Crippen molar-refractivity contribution in [2.45, 2.75) is 31.6 Å². The van der Waals surface area contributed by atoms with Crippen molar-refractivity contribution < 1.29 is 0 Å². The molecule has 0 radical (unpaired) electrons. The standard InChI is InChI=1S/C17H12Cl4N4/c1-16(22-12-3-8(18)9(19)4-13(12)23-16)7-17(2)24-14-5-10(20)11(21)6-15(14)25-17/h3-6H,7H2,1-2H3. The molecular weight excluding hydrogens is 402 g/mol. The van der Waals surface area contributed by atoms with Crippen LogP contribution in [-0.4, -0.2) is 11.3 Å². The van der Waals surface area contributed by atoms with Crippen LogP contribution in [0.4, 0.5) is 0 Å². The summed E-state index contributed by atoms with van der Waals surface area (Å²) < 4.78 is 0. The van der Waals surface area contributed by atoms with E-state index in [4.69, 9.17) is 66.4 Å². The van der Waals surface area contributed by atoms with E-state index in [1.807, 2.05) is 13.8 Å². The fourth-order valence-corrected chi connectivity index (χ4v) is 3.92. The molecule has 0 amide bonds. The van der Waals surface area contributed by atoms with Crippen LogP contribution in [0.25, 0.3) is 0 Å². The summed E-state index contributed by atoms with van der Waals surface area (Å²) in [5, 5.41) is 4.74. The van der Waals surface area contributed by atoms with Crippen molar-refractivity contribution in [1.82, 2.24) is 0 Å². The third-order valence-electron chi connectivity index (χ3n) is 4.15. The summed E-state index contributed by atoms with van der Waals surface area (Å²) in [5.74, 6) is 0. The Morgan fingerprint density at radius 2 is 0.840 bits per heavy atom. The van der Waals surface area contributed by atoms with Gasteiger partial charge in [-0.2, -0.15) is 0 Å². The summed E-state index contributed by atoms with van der Waals surface area (Å²) >= 11 is 24.3. The third kappa shape index (κ3) is 3.06. The molecule has 0 fully saturated rings. The highest BCUT2D eigenvalue weighted by atomic mass is 35.5. The van der Waals surface area contributed by atoms with Gasteiger partial charge in [0, 0.05) is 6.42 Å². The average Bonchev–Trinajstić information content (AvgIpc) is 2.95. The largest absolute Gasteiger partial charge is 0.253 e. The molecule has 0 unspecified atom stereocenters. The van der Waals surface area contributed by atoms with E-state index in [9.17, 15) is 0 Å². The maximum atomic E-state index is 6.08. The Balaban J connectivity index is 1.75. The van der Waals surface area contributed by atoms with E-state index in [2.05, 4.69) is 0 Å². The number of fused-ring (bicyclic) bond motifs is 2. The lowest BCUT2D eigenvalue weighted by Crippen LogP contribution is -2.31. The lowest BCUT2D eigenvalue weighted by molar-refractivity contribution is 0.330. The van der Waals surface area contributed by atoms with E-state index in [-0.39, 0.29) is 0 Å². The van der Waals surface area contributed by atoms with E-state index in [1.165, 1.54) is 0 Å². The molecule has 0 spiro atoms. The SMILES string of the molecule is CC1(CC2(C)N=c3cc(Cl)c(Cl)cc3=N2)N=c2cc(Cl)c(Cl)cc2=N1. The normalized spacial score (nSPS) is 18.5. The zero-order chi connectivity index (χ0) is 18.0. The summed E-state index contributed by atoms with van der Waals surface area (Å²) in [6.45, 7) is 3.88. The van der Waals surface area contributed by atoms with Gasteiger partial charge in [0.1, 0.15) is 0 Å². The summed E-state index contributed by atoms with van der Waals surface area (Å²) in [6.07, 6.45) is 0.494. The molecule has 128 valence electrons. The minimum Gasteiger partial charge on any atom is -0.253 e. The van der Waals surface area contributed by atoms with Crippen LogP contribution in [0.3, 0.4) is 0 Å². The first-order chi connectivity index (χ1) is 11.7. The van der Waals surface area contributed by atoms with Crippen molar-refractivity contribution in [1.29, 1.82) is 0 Å². The molecule has 0 atom stereocenters. The molecule has 0 N–H and O–H groups in total. The Morgan fingerprint density at radius 3 is 1.08 bits per heavy atom. The van der Waals surface area contributed by atoms with Gasteiger partial charge in [-0.1, -0.05) is 46.4 Å². The van der Waals surface area contributed by atoms with Crippen LogP contribution in [0.1, 0.15) is 20.3 Å². The van der Waals surface area contributed by atoms with Crippen LogP contribution in [0.2, 0.25) is 20.1 Å². The van der Waals surface area contributed by atoms with E-state index in [0.717, 1.165) is 21.4 Å². The number of hydrogen-bond acceptors (Lipinski definition) is 4. The van der Waals surface area contributed by atoms with Gasteiger partial charge in [-0.05, 0) is 38.1 Å². The highest BCUT2D eigenvalue weighted by Crippen LogP contribution is 2.31. The monoisotopic (exact) mass is 412 g/mol. The fourth-order valence-electron chi connectivity index (χ4n) is 3.29. The first-order valence-electron chi connectivity index (χ1n) is 7.56. The van der Waals surface area contributed by atoms with Gasteiger partial charge in [0.25, 0.3) is 0 Å². The van der Waals surface area contributed by atoms with Gasteiger partial charge in [-0.15, -0.1) is 0 Å². The first-order valence-corrected chi connectivity index (χ1v) is 9.07. The van der Waals surface area contributed by atoms with Crippen LogP contribution in [0, 0.1) is 0 Å². The van der Waals surface area contributed by atoms with E-state index >= 15 is 0 Å². The van der Waals surface area contributed by atoms with Gasteiger partial charge in [0.2, 0.25) is 0 Å². The molecule has 0 saturated heterocycles. The summed E-state index contributed by atoms with van der Waals surface area (Å²) in [4.78, 5) is 18.8. The van der Waals surface area contributed by atoms with E-state index in [1.54, 1.807) is 24.3 Å². The molecule has 2 aromatic carbocycles. The zero-order valence-corrected chi connectivity index (χ0v) is 16.3. The second-order valence-electron chi connectivity index (χ2n) is 6.57. The highest BCUT2D eigenvalue weighted by Gasteiger charge is 2.37. The molecule has 2 aromatic rings. The molecule has 0 aliphatic carbocycles. The maximum absolute atomic E-state index is 6.08. The zero-order valence-electron chi connectivity index (χ0n) is 13.3. The highest BCUT2D eigenvalue weighted by molar-refractivity contribution is 6.42. The Labute approximate surface area is 163 Å². The lowest BCUT2D eigenvalue weighted by Gasteiger charge is -2.26. The van der Waals surface area contributed by atoms with Crippen molar-refractivity contribution >= 4 is 46.4 Å². The van der Waals surface area contributed by atoms with Crippen LogP contribution in [-0.2, 0) is 0 Å². The third-order valence-corrected chi connectivity index (χ3v) is 5.59. The molecule has 0 aromatic heterocycles. The van der Waals surface area contributed by atoms with Crippen LogP contribution < -0.4 is 21.4 Å². The predicted molar refractivity (Wildman–Crippen MR) is 99.0 cm³/mol. The fraction of sp³-hybridized carbons (Fsp3) is 0.294. The quantitative estimate of drug-likeness (QED) is 0.725. The summed E-state index contributed by atoms with van der Waals surface area (Å²) in [6, 6.07) is 6.92. The molecule has 0 bridgehead atoms. The average molecular weight is 414 g/mol. The first kappa shape index (κ1) is 17.2. The second kappa shape index (κ2) is 5.65. The van der Waals surface area contributed by atoms with Gasteiger partial charge < -0.3 is 0 Å². The second-order valence-corrected chi connectivity index (χ2v) is 8.20. The number of benzene rings is 2. The molecule has 2 heterocycles. The van der Waals surface area contributed by atoms with Gasteiger partial charge >= 0.3 is 0 Å². The molecular formula is C17H12Cl4N4. The van der Waals surface area contributed by atoms with Crippen molar-refractivity contribution in [2.75, 3.05) is 0 Å². The molecule has 4 rings (SSSR count). The van der Waals surface area contributed by atoms with Crippen molar-refractivity contribution in [3.05, 3.63) is 65.8 Å². The smallest absolute Gasteiger partial charge is 0.153 e. The number of rotatable bonds is 2. The molecule has 4 nitrogen and oxygen atoms in total. The summed E-state index contributed by atoms with van der Waals surface area (Å²) in [5.41, 5.74) is -1.40. The Morgan fingerprint density at radius 1 is 0.600 bits per heavy atom. The molecule has 2 aliphatic rings. The Bertz CT molecular complexity index is 983. The van der Waals surface area contributed by atoms with Crippen LogP contribution in [0.15, 0.2) is 44.2 Å². The molecule has 2 aliphatic heterocycles. The van der Waals surface area contributed by atoms with Crippen molar-refractivity contribution in [3.8, 4) is 0 Å². The number of halogens is 4. The van der Waals surface area contributed by atoms with E-state index < -0.39 is 11.3 Å². The maximum Gasteiger partial charge on any atom is 0.153 e. The van der Waals surface area contributed by atoms with Gasteiger partial charge in [-0.3, -0.25) is 20.0 Å². The molecule has 25 heavy (non-hydrogen) atoms. The summed E-state index contributed by atoms with van der Waals surface area (Å²) in [7, 11) is 0. The molecule has 8 heteroatoms. The number of hydrogen-bond donors (Lipinski definition) is 0. The van der Waals surface area contributed by atoms with Gasteiger partial charge in [0.15, 0.2) is 11.3 Å². The molecule has 0 saturated carbocycles. The minimum atomic E-state index is -0.701. The topological polar surface area (TPSA) is 49.4 Å². The Kier molecular flexibility index (Phi) is 3.89. The van der Waals surface area contributed by atoms with Gasteiger partial charge in [-0.25, -0.2) is 0 Å². The van der Waals surface area contributed by atoms with Crippen LogP contribution >= 0.6 is 46.4 Å². The predicted octanol–water partition coefficient (Wildman–Crippen LogP) is 3.33. The van der Waals surface area contributed by atoms with E-state index in [0.29, 0.717) is 26.5 Å². The van der Waals surface area contributed by atoms with Crippen molar-refractivity contribution in [3.63, 3.8) is 0 Å².